The molecule has 0 radical (unpaired) electrons. The Labute approximate surface area is 150 Å². The number of aliphatic carboxylic acids is 1. The van der Waals surface area contributed by atoms with E-state index in [2.05, 4.69) is 5.32 Å². The summed E-state index contributed by atoms with van der Waals surface area (Å²) in [5.41, 5.74) is 6.85. The molecule has 142 valence electrons. The topological polar surface area (TPSA) is 137 Å². The van der Waals surface area contributed by atoms with Gasteiger partial charge in [0.1, 0.15) is 11.9 Å². The third-order valence-electron chi connectivity index (χ3n) is 3.72. The summed E-state index contributed by atoms with van der Waals surface area (Å²) in [7, 11) is 0. The van der Waals surface area contributed by atoms with Crippen molar-refractivity contribution in [3.8, 4) is 0 Å². The quantitative estimate of drug-likeness (QED) is 0.448. The summed E-state index contributed by atoms with van der Waals surface area (Å²) >= 11 is 0. The van der Waals surface area contributed by atoms with Crippen LogP contribution in [0.3, 0.4) is 0 Å². The molecule has 9 heteroatoms. The predicted molar refractivity (Wildman–Crippen MR) is 93.3 cm³/mol. The fourth-order valence-electron chi connectivity index (χ4n) is 2.52. The number of alkyl halides is 1. The molecule has 1 aromatic carbocycles. The van der Waals surface area contributed by atoms with Crippen LogP contribution in [-0.4, -0.2) is 52.9 Å². The standard InChI is InChI=1S/C15H19FN4O2.C2H4O2/c16-8-13(21)20-7-1-2-12(20)15(22)19-9-10-3-5-11(6-4-10)14(17)18;1-2(3)4/h3-6,12H,1-2,7-9H2,(H3,17,18)(H,19,22);1H3,(H,3,4)/t12-;/m0./s1. The fourth-order valence-corrected chi connectivity index (χ4v) is 2.52. The number of hydrogen-bond acceptors (Lipinski definition) is 4. The van der Waals surface area contributed by atoms with Gasteiger partial charge in [0.15, 0.2) is 6.67 Å². The van der Waals surface area contributed by atoms with Crippen LogP contribution in [0.1, 0.15) is 30.9 Å². The Morgan fingerprint density at radius 3 is 2.42 bits per heavy atom. The van der Waals surface area contributed by atoms with Gasteiger partial charge in [-0.2, -0.15) is 0 Å². The largest absolute Gasteiger partial charge is 0.481 e. The molecule has 1 saturated heterocycles. The molecule has 0 spiro atoms. The van der Waals surface area contributed by atoms with E-state index in [9.17, 15) is 14.0 Å². The van der Waals surface area contributed by atoms with E-state index in [1.54, 1.807) is 24.3 Å². The van der Waals surface area contributed by atoms with Crippen LogP contribution in [0.5, 0.6) is 0 Å². The van der Waals surface area contributed by atoms with E-state index in [1.165, 1.54) is 4.90 Å². The third-order valence-corrected chi connectivity index (χ3v) is 3.72. The molecular formula is C17H23FN4O4. The van der Waals surface area contributed by atoms with E-state index >= 15 is 0 Å². The molecule has 1 aliphatic heterocycles. The van der Waals surface area contributed by atoms with E-state index < -0.39 is 24.6 Å². The molecule has 0 aliphatic carbocycles. The molecule has 1 atom stereocenters. The Balaban J connectivity index is 0.000000765. The van der Waals surface area contributed by atoms with Gasteiger partial charge in [-0.1, -0.05) is 24.3 Å². The molecule has 26 heavy (non-hydrogen) atoms. The van der Waals surface area contributed by atoms with Crippen LogP contribution in [0.25, 0.3) is 0 Å². The monoisotopic (exact) mass is 366 g/mol. The van der Waals surface area contributed by atoms with Crippen molar-refractivity contribution in [2.45, 2.75) is 32.4 Å². The average Bonchev–Trinajstić information content (AvgIpc) is 3.08. The summed E-state index contributed by atoms with van der Waals surface area (Å²) < 4.78 is 12.5. The molecule has 1 fully saturated rings. The van der Waals surface area contributed by atoms with Crippen molar-refractivity contribution < 1.29 is 23.9 Å². The summed E-state index contributed by atoms with van der Waals surface area (Å²) in [4.78, 5) is 33.9. The SMILES string of the molecule is CC(=O)O.N=C(N)c1ccc(CNC(=O)[C@@H]2CCCN2C(=O)CF)cc1. The second-order valence-corrected chi connectivity index (χ2v) is 5.73. The van der Waals surface area contributed by atoms with Crippen molar-refractivity contribution in [2.24, 2.45) is 5.73 Å². The zero-order chi connectivity index (χ0) is 19.7. The van der Waals surface area contributed by atoms with E-state index in [0.29, 0.717) is 31.5 Å². The maximum absolute atomic E-state index is 12.5. The molecule has 5 N–H and O–H groups in total. The Hall–Kier alpha value is -2.97. The van der Waals surface area contributed by atoms with Crippen LogP contribution < -0.4 is 11.1 Å². The van der Waals surface area contributed by atoms with Crippen molar-refractivity contribution >= 4 is 23.6 Å². The first kappa shape index (κ1) is 21.1. The first-order valence-corrected chi connectivity index (χ1v) is 8.02. The van der Waals surface area contributed by atoms with E-state index in [-0.39, 0.29) is 11.7 Å². The molecule has 1 aliphatic rings. The minimum absolute atomic E-state index is 0.0121. The molecule has 2 amide bonds. The van der Waals surface area contributed by atoms with E-state index in [0.717, 1.165) is 12.5 Å². The van der Waals surface area contributed by atoms with Crippen LogP contribution in [0.15, 0.2) is 24.3 Å². The molecule has 2 rings (SSSR count). The number of carbonyl (C=O) groups excluding carboxylic acids is 2. The number of hydrogen-bond donors (Lipinski definition) is 4. The first-order chi connectivity index (χ1) is 12.3. The lowest BCUT2D eigenvalue weighted by Gasteiger charge is -2.22. The third kappa shape index (κ3) is 6.50. The van der Waals surface area contributed by atoms with Gasteiger partial charge in [0.05, 0.1) is 0 Å². The van der Waals surface area contributed by atoms with E-state index in [4.69, 9.17) is 21.0 Å². The zero-order valence-electron chi connectivity index (χ0n) is 14.5. The molecule has 1 heterocycles. The average molecular weight is 366 g/mol. The number of benzene rings is 1. The van der Waals surface area contributed by atoms with Crippen molar-refractivity contribution in [1.29, 1.82) is 5.41 Å². The zero-order valence-corrected chi connectivity index (χ0v) is 14.5. The molecule has 0 bridgehead atoms. The number of rotatable bonds is 5. The Kier molecular flexibility index (Phi) is 8.20. The highest BCUT2D eigenvalue weighted by atomic mass is 19.1. The maximum atomic E-state index is 12.5. The van der Waals surface area contributed by atoms with Gasteiger partial charge in [-0.05, 0) is 18.4 Å². The number of halogens is 1. The molecule has 1 aromatic rings. The van der Waals surface area contributed by atoms with Gasteiger partial charge in [0.2, 0.25) is 5.91 Å². The molecular weight excluding hydrogens is 343 g/mol. The molecule has 8 nitrogen and oxygen atoms in total. The van der Waals surface area contributed by atoms with Gasteiger partial charge in [-0.25, -0.2) is 4.39 Å². The number of nitrogens with zero attached hydrogens (tertiary/aromatic N) is 1. The van der Waals surface area contributed by atoms with Crippen molar-refractivity contribution in [1.82, 2.24) is 10.2 Å². The minimum atomic E-state index is -1.07. The number of nitrogens with one attached hydrogen (secondary N) is 2. The molecule has 0 saturated carbocycles. The lowest BCUT2D eigenvalue weighted by atomic mass is 10.1. The lowest BCUT2D eigenvalue weighted by Crippen LogP contribution is -2.46. The predicted octanol–water partition coefficient (Wildman–Crippen LogP) is 0.638. The number of likely N-dealkylation sites (tertiary alicyclic amines) is 1. The van der Waals surface area contributed by atoms with Crippen LogP contribution in [-0.2, 0) is 20.9 Å². The normalized spacial score (nSPS) is 15.6. The summed E-state index contributed by atoms with van der Waals surface area (Å²) in [5.74, 6) is -1.75. The Morgan fingerprint density at radius 2 is 1.92 bits per heavy atom. The second kappa shape index (κ2) is 10.1. The smallest absolute Gasteiger partial charge is 0.300 e. The number of carbonyl (C=O) groups is 3. The van der Waals surface area contributed by atoms with Gasteiger partial charge in [-0.3, -0.25) is 19.8 Å². The number of amides is 2. The fraction of sp³-hybridized carbons (Fsp3) is 0.412. The van der Waals surface area contributed by atoms with Crippen LogP contribution in [0, 0.1) is 5.41 Å². The highest BCUT2D eigenvalue weighted by Crippen LogP contribution is 2.17. The highest BCUT2D eigenvalue weighted by Gasteiger charge is 2.33. The van der Waals surface area contributed by atoms with Gasteiger partial charge in [0, 0.05) is 25.6 Å². The van der Waals surface area contributed by atoms with Gasteiger partial charge in [0.25, 0.3) is 11.9 Å². The summed E-state index contributed by atoms with van der Waals surface area (Å²) in [5, 5.41) is 17.5. The summed E-state index contributed by atoms with van der Waals surface area (Å²) in [6.45, 7) is 0.746. The number of nitrogens with two attached hydrogens (primary N) is 1. The summed E-state index contributed by atoms with van der Waals surface area (Å²) in [6.07, 6.45) is 1.26. The van der Waals surface area contributed by atoms with Crippen LogP contribution in [0.2, 0.25) is 0 Å². The first-order valence-electron chi connectivity index (χ1n) is 8.02. The number of carboxylic acids is 1. The lowest BCUT2D eigenvalue weighted by molar-refractivity contribution is -0.139. The van der Waals surface area contributed by atoms with Crippen molar-refractivity contribution in [2.75, 3.05) is 13.2 Å². The maximum Gasteiger partial charge on any atom is 0.300 e. The van der Waals surface area contributed by atoms with Crippen LogP contribution in [0.4, 0.5) is 4.39 Å². The Morgan fingerprint density at radius 1 is 1.35 bits per heavy atom. The molecule has 0 aromatic heterocycles. The van der Waals surface area contributed by atoms with Gasteiger partial charge >= 0.3 is 0 Å². The Bertz CT molecular complexity index is 659. The van der Waals surface area contributed by atoms with Crippen molar-refractivity contribution in [3.05, 3.63) is 35.4 Å². The minimum Gasteiger partial charge on any atom is -0.481 e. The highest BCUT2D eigenvalue weighted by molar-refractivity contribution is 5.94. The van der Waals surface area contributed by atoms with Crippen LogP contribution >= 0.6 is 0 Å². The van der Waals surface area contributed by atoms with Gasteiger partial charge in [-0.15, -0.1) is 0 Å². The van der Waals surface area contributed by atoms with Crippen molar-refractivity contribution in [3.63, 3.8) is 0 Å². The summed E-state index contributed by atoms with van der Waals surface area (Å²) in [6, 6.07) is 6.38. The van der Waals surface area contributed by atoms with E-state index in [1.807, 2.05) is 0 Å². The molecule has 0 unspecified atom stereocenters. The number of amidine groups is 1. The van der Waals surface area contributed by atoms with Gasteiger partial charge < -0.3 is 21.1 Å². The number of carboxylic acid groups (broad SMARTS) is 1. The second-order valence-electron chi connectivity index (χ2n) is 5.73. The number of nitrogen functional groups attached to an aromatic ring is 1.